The summed E-state index contributed by atoms with van der Waals surface area (Å²) in [7, 11) is 0. The number of halogens is 1. The topological polar surface area (TPSA) is 31.0 Å². The van der Waals surface area contributed by atoms with Crippen molar-refractivity contribution >= 4 is 22.7 Å². The van der Waals surface area contributed by atoms with Crippen molar-refractivity contribution in [1.29, 1.82) is 0 Å². The summed E-state index contributed by atoms with van der Waals surface area (Å²) in [4.78, 5) is 4.60. The summed E-state index contributed by atoms with van der Waals surface area (Å²) in [6.45, 7) is 1.97. The minimum atomic E-state index is 0.611. The van der Waals surface area contributed by atoms with Gasteiger partial charge in [-0.15, -0.1) is 0 Å². The molecule has 108 valence electrons. The zero-order valence-corrected chi connectivity index (χ0v) is 12.7. The van der Waals surface area contributed by atoms with Crippen molar-refractivity contribution in [3.05, 3.63) is 71.5 Å². The summed E-state index contributed by atoms with van der Waals surface area (Å²) in [5.74, 6) is 0.611. The molecule has 2 aromatic heterocycles. The highest BCUT2D eigenvalue weighted by Crippen LogP contribution is 2.28. The molecular weight excluding hydrogens is 296 g/mol. The highest BCUT2D eigenvalue weighted by atomic mass is 35.5. The molecule has 0 saturated carbocycles. The molecular formula is C18H13ClN2O. The second kappa shape index (κ2) is 5.04. The van der Waals surface area contributed by atoms with Crippen LogP contribution in [-0.4, -0.2) is 9.55 Å². The van der Waals surface area contributed by atoms with Crippen LogP contribution in [0.3, 0.4) is 0 Å². The molecule has 0 radical (unpaired) electrons. The lowest BCUT2D eigenvalue weighted by Crippen LogP contribution is -1.88. The Morgan fingerprint density at radius 1 is 1.05 bits per heavy atom. The molecule has 0 fully saturated rings. The summed E-state index contributed by atoms with van der Waals surface area (Å²) < 4.78 is 7.90. The van der Waals surface area contributed by atoms with Gasteiger partial charge in [0.15, 0.2) is 5.58 Å². The Morgan fingerprint density at radius 2 is 1.86 bits per heavy atom. The standard InChI is InChI=1S/C18H13ClN2O/c1-12-10-13(4-6-15(12)19)18-20-16-11-14(5-7-17(16)22-18)21-8-2-3-9-21/h2-11H,1H3. The summed E-state index contributed by atoms with van der Waals surface area (Å²) in [6.07, 6.45) is 4.01. The lowest BCUT2D eigenvalue weighted by molar-refractivity contribution is 0.620. The molecule has 2 heterocycles. The first-order valence-corrected chi connectivity index (χ1v) is 7.39. The average molecular weight is 309 g/mol. The van der Waals surface area contributed by atoms with Gasteiger partial charge in [-0.1, -0.05) is 11.6 Å². The molecule has 0 aliphatic rings. The summed E-state index contributed by atoms with van der Waals surface area (Å²) in [5, 5.41) is 0.745. The Labute approximate surface area is 132 Å². The van der Waals surface area contributed by atoms with Crippen molar-refractivity contribution in [3.8, 4) is 17.1 Å². The third-order valence-electron chi connectivity index (χ3n) is 3.68. The van der Waals surface area contributed by atoms with Crippen LogP contribution in [0.2, 0.25) is 5.02 Å². The van der Waals surface area contributed by atoms with E-state index in [1.165, 1.54) is 0 Å². The number of rotatable bonds is 2. The van der Waals surface area contributed by atoms with Crippen molar-refractivity contribution in [1.82, 2.24) is 9.55 Å². The van der Waals surface area contributed by atoms with Crippen molar-refractivity contribution in [2.24, 2.45) is 0 Å². The molecule has 0 spiro atoms. The molecule has 4 rings (SSSR count). The van der Waals surface area contributed by atoms with Gasteiger partial charge in [0, 0.05) is 28.7 Å². The Hall–Kier alpha value is -2.52. The second-order valence-corrected chi connectivity index (χ2v) is 5.63. The summed E-state index contributed by atoms with van der Waals surface area (Å²) in [6, 6.07) is 15.8. The number of aromatic nitrogens is 2. The third-order valence-corrected chi connectivity index (χ3v) is 4.10. The van der Waals surface area contributed by atoms with Gasteiger partial charge in [0.05, 0.1) is 0 Å². The lowest BCUT2D eigenvalue weighted by Gasteiger charge is -2.00. The first kappa shape index (κ1) is 13.2. The van der Waals surface area contributed by atoms with Gasteiger partial charge in [-0.05, 0) is 61.0 Å². The van der Waals surface area contributed by atoms with E-state index in [9.17, 15) is 0 Å². The first-order valence-electron chi connectivity index (χ1n) is 7.01. The quantitative estimate of drug-likeness (QED) is 0.506. The fourth-order valence-corrected chi connectivity index (χ4v) is 2.60. The van der Waals surface area contributed by atoms with E-state index < -0.39 is 0 Å². The van der Waals surface area contributed by atoms with Crippen molar-refractivity contribution in [2.45, 2.75) is 6.92 Å². The zero-order valence-electron chi connectivity index (χ0n) is 12.0. The number of hydrogen-bond donors (Lipinski definition) is 0. The molecule has 4 heteroatoms. The SMILES string of the molecule is Cc1cc(-c2nc3cc(-n4cccc4)ccc3o2)ccc1Cl. The highest BCUT2D eigenvalue weighted by molar-refractivity contribution is 6.31. The monoisotopic (exact) mass is 308 g/mol. The fraction of sp³-hybridized carbons (Fsp3) is 0.0556. The number of aryl methyl sites for hydroxylation is 1. The van der Waals surface area contributed by atoms with E-state index in [1.54, 1.807) is 0 Å². The number of fused-ring (bicyclic) bond motifs is 1. The minimum absolute atomic E-state index is 0.611. The number of benzene rings is 2. The number of nitrogens with zero attached hydrogens (tertiary/aromatic N) is 2. The Balaban J connectivity index is 1.81. The van der Waals surface area contributed by atoms with E-state index in [2.05, 4.69) is 4.98 Å². The molecule has 0 N–H and O–H groups in total. The van der Waals surface area contributed by atoms with Crippen molar-refractivity contribution in [2.75, 3.05) is 0 Å². The predicted octanol–water partition coefficient (Wildman–Crippen LogP) is 5.25. The van der Waals surface area contributed by atoms with Crippen LogP contribution in [0.5, 0.6) is 0 Å². The molecule has 0 atom stereocenters. The predicted molar refractivity (Wildman–Crippen MR) is 88.5 cm³/mol. The van der Waals surface area contributed by atoms with Gasteiger partial charge >= 0.3 is 0 Å². The summed E-state index contributed by atoms with van der Waals surface area (Å²) >= 11 is 6.07. The van der Waals surface area contributed by atoms with E-state index in [-0.39, 0.29) is 0 Å². The lowest BCUT2D eigenvalue weighted by atomic mass is 10.1. The van der Waals surface area contributed by atoms with Gasteiger partial charge in [-0.25, -0.2) is 4.98 Å². The number of oxazole rings is 1. The molecule has 3 nitrogen and oxygen atoms in total. The van der Waals surface area contributed by atoms with Crippen molar-refractivity contribution in [3.63, 3.8) is 0 Å². The smallest absolute Gasteiger partial charge is 0.227 e. The van der Waals surface area contributed by atoms with Gasteiger partial charge in [-0.3, -0.25) is 0 Å². The van der Waals surface area contributed by atoms with Crippen LogP contribution >= 0.6 is 11.6 Å². The van der Waals surface area contributed by atoms with Gasteiger partial charge in [-0.2, -0.15) is 0 Å². The molecule has 0 aliphatic heterocycles. The maximum absolute atomic E-state index is 6.07. The maximum Gasteiger partial charge on any atom is 0.227 e. The van der Waals surface area contributed by atoms with Gasteiger partial charge in [0.1, 0.15) is 5.52 Å². The van der Waals surface area contributed by atoms with E-state index in [1.807, 2.05) is 72.4 Å². The normalized spacial score (nSPS) is 11.2. The van der Waals surface area contributed by atoms with Crippen molar-refractivity contribution < 1.29 is 4.42 Å². The molecule has 0 amide bonds. The Morgan fingerprint density at radius 3 is 2.64 bits per heavy atom. The van der Waals surface area contributed by atoms with Crippen LogP contribution in [-0.2, 0) is 0 Å². The largest absolute Gasteiger partial charge is 0.436 e. The van der Waals surface area contributed by atoms with Crippen LogP contribution in [0.25, 0.3) is 28.2 Å². The molecule has 0 bridgehead atoms. The van der Waals surface area contributed by atoms with Gasteiger partial charge in [0.25, 0.3) is 0 Å². The Bertz CT molecular complexity index is 955. The van der Waals surface area contributed by atoms with Crippen LogP contribution in [0.4, 0.5) is 0 Å². The molecule has 4 aromatic rings. The third kappa shape index (κ3) is 2.20. The average Bonchev–Trinajstić information content (AvgIpc) is 3.17. The first-order chi connectivity index (χ1) is 10.7. The minimum Gasteiger partial charge on any atom is -0.436 e. The van der Waals surface area contributed by atoms with Crippen LogP contribution in [0, 0.1) is 6.92 Å². The van der Waals surface area contributed by atoms with Gasteiger partial charge in [0.2, 0.25) is 5.89 Å². The molecule has 22 heavy (non-hydrogen) atoms. The second-order valence-electron chi connectivity index (χ2n) is 5.23. The fourth-order valence-electron chi connectivity index (χ4n) is 2.48. The van der Waals surface area contributed by atoms with Crippen LogP contribution < -0.4 is 0 Å². The highest BCUT2D eigenvalue weighted by Gasteiger charge is 2.10. The van der Waals surface area contributed by atoms with Crippen LogP contribution in [0.1, 0.15) is 5.56 Å². The van der Waals surface area contributed by atoms with E-state index in [0.29, 0.717) is 5.89 Å². The van der Waals surface area contributed by atoms with E-state index in [4.69, 9.17) is 16.0 Å². The molecule has 2 aromatic carbocycles. The van der Waals surface area contributed by atoms with E-state index in [0.717, 1.165) is 32.9 Å². The molecule has 0 saturated heterocycles. The van der Waals surface area contributed by atoms with E-state index >= 15 is 0 Å². The summed E-state index contributed by atoms with van der Waals surface area (Å²) in [5.41, 5.74) is 4.62. The molecule has 0 aliphatic carbocycles. The van der Waals surface area contributed by atoms with Crippen LogP contribution in [0.15, 0.2) is 65.3 Å². The molecule has 0 unspecified atom stereocenters. The number of hydrogen-bond acceptors (Lipinski definition) is 2. The Kier molecular flexibility index (Phi) is 3.01. The maximum atomic E-state index is 6.07. The zero-order chi connectivity index (χ0) is 15.1. The van der Waals surface area contributed by atoms with Gasteiger partial charge < -0.3 is 8.98 Å².